The second-order valence-electron chi connectivity index (χ2n) is 10.3. The van der Waals surface area contributed by atoms with Crippen LogP contribution in [0.4, 0.5) is 5.69 Å². The molecule has 4 rings (SSSR count). The molecule has 2 fully saturated rings. The molecule has 206 valence electrons. The van der Waals surface area contributed by atoms with Crippen LogP contribution in [0.3, 0.4) is 0 Å². The fourth-order valence-corrected chi connectivity index (χ4v) is 5.66. The molecule has 10 heteroatoms. The maximum absolute atomic E-state index is 12.9. The monoisotopic (exact) mass is 541 g/mol. The van der Waals surface area contributed by atoms with Gasteiger partial charge in [-0.3, -0.25) is 30.3 Å². The zero-order valence-corrected chi connectivity index (χ0v) is 23.0. The number of carbonyl (C=O) groups excluding carboxylic acids is 2. The van der Waals surface area contributed by atoms with Crippen LogP contribution in [0.2, 0.25) is 0 Å². The molecule has 2 aliphatic rings. The third-order valence-electron chi connectivity index (χ3n) is 7.30. The van der Waals surface area contributed by atoms with Gasteiger partial charge in [0, 0.05) is 44.9 Å². The van der Waals surface area contributed by atoms with Crippen LogP contribution in [-0.2, 0) is 25.8 Å². The summed E-state index contributed by atoms with van der Waals surface area (Å²) >= 11 is 0. The summed E-state index contributed by atoms with van der Waals surface area (Å²) in [6, 6.07) is 16.4. The van der Waals surface area contributed by atoms with Gasteiger partial charge in [-0.2, -0.15) is 0 Å². The van der Waals surface area contributed by atoms with Gasteiger partial charge < -0.3 is 0 Å². The van der Waals surface area contributed by atoms with Crippen molar-refractivity contribution in [3.8, 4) is 0 Å². The quantitative estimate of drug-likeness (QED) is 0.446. The molecule has 0 radical (unpaired) electrons. The van der Waals surface area contributed by atoms with Crippen LogP contribution in [0.25, 0.3) is 0 Å². The van der Waals surface area contributed by atoms with Crippen LogP contribution in [-0.4, -0.2) is 75.7 Å². The molecule has 1 heterocycles. The first-order valence-corrected chi connectivity index (χ1v) is 15.4. The smallest absolute Gasteiger partial charge is 0.241 e. The standard InChI is InChI=1S/C28H39N5O4S/c1-38(36,37)26-14-12-23(13-15-26)22-27(34)29-32-19-16-31(17-20-32)18-21-33(25-10-6-3-7-11-25)30-28(35)24-8-4-2-5-9-24/h3,6-7,10-15,24H,2,4-5,8-9,16-22H2,1H3,(H,29,34)(H,30,35). The molecule has 2 amide bonds. The number of hydrogen-bond acceptors (Lipinski definition) is 7. The SMILES string of the molecule is CS(=O)(=O)c1ccc(CC(=O)NN2CCN(CCN(NC(=O)C3CCCCC3)c3ccccc3)CC2)cc1. The molecule has 0 spiro atoms. The molecule has 9 nitrogen and oxygen atoms in total. The first-order valence-electron chi connectivity index (χ1n) is 13.5. The van der Waals surface area contributed by atoms with Crippen LogP contribution in [0.5, 0.6) is 0 Å². The van der Waals surface area contributed by atoms with E-state index in [1.165, 1.54) is 24.8 Å². The van der Waals surface area contributed by atoms with Gasteiger partial charge in [0.05, 0.1) is 23.5 Å². The van der Waals surface area contributed by atoms with E-state index >= 15 is 0 Å². The molecule has 1 saturated carbocycles. The normalized spacial score (nSPS) is 17.6. The van der Waals surface area contributed by atoms with E-state index in [0.717, 1.165) is 56.6 Å². The summed E-state index contributed by atoms with van der Waals surface area (Å²) in [6.07, 6.45) is 6.76. The van der Waals surface area contributed by atoms with Gasteiger partial charge in [-0.15, -0.1) is 0 Å². The molecule has 1 aliphatic carbocycles. The number of nitrogens with one attached hydrogen (secondary N) is 2. The predicted molar refractivity (Wildman–Crippen MR) is 148 cm³/mol. The molecule has 1 aliphatic heterocycles. The zero-order chi connectivity index (χ0) is 27.0. The second kappa shape index (κ2) is 13.2. The summed E-state index contributed by atoms with van der Waals surface area (Å²) in [5.41, 5.74) is 7.89. The Kier molecular flexibility index (Phi) is 9.76. The van der Waals surface area contributed by atoms with Crippen molar-refractivity contribution >= 4 is 27.3 Å². The minimum absolute atomic E-state index is 0.0970. The summed E-state index contributed by atoms with van der Waals surface area (Å²) in [6.45, 7) is 4.51. The molecular formula is C28H39N5O4S. The number of nitrogens with zero attached hydrogens (tertiary/aromatic N) is 3. The van der Waals surface area contributed by atoms with Gasteiger partial charge in [0.2, 0.25) is 11.8 Å². The number of para-hydroxylation sites is 1. The number of sulfone groups is 1. The van der Waals surface area contributed by atoms with Gasteiger partial charge in [-0.25, -0.2) is 13.4 Å². The summed E-state index contributed by atoms with van der Waals surface area (Å²) in [5, 5.41) is 3.91. The van der Waals surface area contributed by atoms with Crippen LogP contribution in [0.15, 0.2) is 59.5 Å². The van der Waals surface area contributed by atoms with Crippen molar-refractivity contribution < 1.29 is 18.0 Å². The lowest BCUT2D eigenvalue weighted by atomic mass is 9.89. The number of piperazine rings is 1. The number of hydrogen-bond donors (Lipinski definition) is 2. The van der Waals surface area contributed by atoms with E-state index < -0.39 is 9.84 Å². The lowest BCUT2D eigenvalue weighted by Gasteiger charge is -2.36. The van der Waals surface area contributed by atoms with Crippen LogP contribution < -0.4 is 15.9 Å². The van der Waals surface area contributed by atoms with Crippen molar-refractivity contribution in [1.82, 2.24) is 20.8 Å². The highest BCUT2D eigenvalue weighted by atomic mass is 32.2. The molecule has 0 aromatic heterocycles. The van der Waals surface area contributed by atoms with E-state index in [2.05, 4.69) is 15.8 Å². The Morgan fingerprint density at radius 3 is 2.21 bits per heavy atom. The highest BCUT2D eigenvalue weighted by Gasteiger charge is 2.24. The lowest BCUT2D eigenvalue weighted by Crippen LogP contribution is -2.55. The number of benzene rings is 2. The Morgan fingerprint density at radius 2 is 1.58 bits per heavy atom. The largest absolute Gasteiger partial charge is 0.299 e. The Hall–Kier alpha value is -2.95. The van der Waals surface area contributed by atoms with Crippen LogP contribution in [0.1, 0.15) is 37.7 Å². The second-order valence-corrected chi connectivity index (χ2v) is 12.3. The molecule has 0 bridgehead atoms. The molecule has 38 heavy (non-hydrogen) atoms. The topological polar surface area (TPSA) is 102 Å². The highest BCUT2D eigenvalue weighted by Crippen LogP contribution is 2.24. The summed E-state index contributed by atoms with van der Waals surface area (Å²) < 4.78 is 23.2. The fraction of sp³-hybridized carbons (Fsp3) is 0.500. The summed E-state index contributed by atoms with van der Waals surface area (Å²) in [4.78, 5) is 28.0. The molecule has 2 N–H and O–H groups in total. The fourth-order valence-electron chi connectivity index (χ4n) is 5.03. The zero-order valence-electron chi connectivity index (χ0n) is 22.1. The van der Waals surface area contributed by atoms with E-state index in [9.17, 15) is 18.0 Å². The molecule has 1 saturated heterocycles. The van der Waals surface area contributed by atoms with E-state index in [4.69, 9.17) is 0 Å². The average molecular weight is 542 g/mol. The number of amides is 2. The van der Waals surface area contributed by atoms with Crippen LogP contribution in [0, 0.1) is 5.92 Å². The molecule has 0 unspecified atom stereocenters. The Balaban J connectivity index is 1.22. The van der Waals surface area contributed by atoms with Gasteiger partial charge in [-0.05, 0) is 42.7 Å². The highest BCUT2D eigenvalue weighted by molar-refractivity contribution is 7.90. The Bertz CT molecular complexity index is 1160. The maximum Gasteiger partial charge on any atom is 0.241 e. The molecule has 2 aromatic rings. The lowest BCUT2D eigenvalue weighted by molar-refractivity contribution is -0.126. The molecule has 0 atom stereocenters. The number of carbonyl (C=O) groups is 2. The summed E-state index contributed by atoms with van der Waals surface area (Å²) in [5.74, 6) is 0.0954. The van der Waals surface area contributed by atoms with E-state index in [0.29, 0.717) is 19.6 Å². The maximum atomic E-state index is 12.9. The first-order chi connectivity index (χ1) is 18.3. The van der Waals surface area contributed by atoms with Gasteiger partial charge in [0.1, 0.15) is 0 Å². The van der Waals surface area contributed by atoms with Gasteiger partial charge >= 0.3 is 0 Å². The van der Waals surface area contributed by atoms with Crippen molar-refractivity contribution in [3.05, 3.63) is 60.2 Å². The molecular weight excluding hydrogens is 502 g/mol. The Labute approximate surface area is 226 Å². The van der Waals surface area contributed by atoms with E-state index in [1.807, 2.05) is 40.3 Å². The Morgan fingerprint density at radius 1 is 0.921 bits per heavy atom. The van der Waals surface area contributed by atoms with Crippen molar-refractivity contribution in [3.63, 3.8) is 0 Å². The average Bonchev–Trinajstić information content (AvgIpc) is 2.92. The van der Waals surface area contributed by atoms with Crippen molar-refractivity contribution in [1.29, 1.82) is 0 Å². The van der Waals surface area contributed by atoms with Crippen molar-refractivity contribution in [2.24, 2.45) is 5.92 Å². The number of hydrazine groups is 2. The number of rotatable bonds is 10. The van der Waals surface area contributed by atoms with E-state index in [1.54, 1.807) is 12.1 Å². The van der Waals surface area contributed by atoms with Crippen molar-refractivity contribution in [2.45, 2.75) is 43.4 Å². The van der Waals surface area contributed by atoms with Gasteiger partial charge in [0.25, 0.3) is 0 Å². The minimum Gasteiger partial charge on any atom is -0.299 e. The number of anilines is 1. The minimum atomic E-state index is -3.25. The van der Waals surface area contributed by atoms with Gasteiger partial charge in [-0.1, -0.05) is 49.6 Å². The summed E-state index contributed by atoms with van der Waals surface area (Å²) in [7, 11) is -3.25. The third-order valence-corrected chi connectivity index (χ3v) is 8.43. The van der Waals surface area contributed by atoms with E-state index in [-0.39, 0.29) is 29.0 Å². The third kappa shape index (κ3) is 8.28. The predicted octanol–water partition coefficient (Wildman–Crippen LogP) is 2.40. The van der Waals surface area contributed by atoms with Gasteiger partial charge in [0.15, 0.2) is 9.84 Å². The first kappa shape index (κ1) is 28.1. The van der Waals surface area contributed by atoms with Crippen LogP contribution >= 0.6 is 0 Å². The van der Waals surface area contributed by atoms with Crippen molar-refractivity contribution in [2.75, 3.05) is 50.5 Å². The molecule has 2 aromatic carbocycles.